The number of aromatic nitrogens is 2. The van der Waals surface area contributed by atoms with Gasteiger partial charge in [-0.1, -0.05) is 44.2 Å². The van der Waals surface area contributed by atoms with E-state index >= 15 is 0 Å². The van der Waals surface area contributed by atoms with Crippen molar-refractivity contribution in [1.82, 2.24) is 19.4 Å². The summed E-state index contributed by atoms with van der Waals surface area (Å²) in [5.74, 6) is 1.67. The maximum absolute atomic E-state index is 12.9. The third kappa shape index (κ3) is 3.48. The van der Waals surface area contributed by atoms with E-state index in [1.165, 1.54) is 19.3 Å². The first-order valence-corrected chi connectivity index (χ1v) is 10.6. The second kappa shape index (κ2) is 7.70. The Morgan fingerprint density at radius 3 is 2.57 bits per heavy atom. The number of rotatable bonds is 5. The molecule has 4 rings (SSSR count). The fourth-order valence-corrected chi connectivity index (χ4v) is 4.72. The fraction of sp³-hybridized carbons (Fsp3) is 0.565. The second-order valence-corrected chi connectivity index (χ2v) is 8.92. The largest absolute Gasteiger partial charge is 0.343 e. The Bertz CT molecular complexity index is 840. The van der Waals surface area contributed by atoms with Crippen molar-refractivity contribution in [3.8, 4) is 11.4 Å². The average Bonchev–Trinajstić information content (AvgIpc) is 3.16. The lowest BCUT2D eigenvalue weighted by atomic mass is 10.0. The van der Waals surface area contributed by atoms with Gasteiger partial charge in [0.25, 0.3) is 5.91 Å². The third-order valence-corrected chi connectivity index (χ3v) is 6.27. The molecule has 1 amide bonds. The summed E-state index contributed by atoms with van der Waals surface area (Å²) in [6, 6.07) is 11.4. The van der Waals surface area contributed by atoms with Crippen molar-refractivity contribution < 1.29 is 4.79 Å². The van der Waals surface area contributed by atoms with E-state index in [-0.39, 0.29) is 5.91 Å². The molecule has 150 valence electrons. The normalized spacial score (nSPS) is 21.6. The fourth-order valence-electron chi connectivity index (χ4n) is 4.72. The number of amides is 1. The number of hydrogen-bond donors (Lipinski definition) is 0. The first-order chi connectivity index (χ1) is 13.5. The van der Waals surface area contributed by atoms with Crippen LogP contribution in [0.25, 0.3) is 11.4 Å². The van der Waals surface area contributed by atoms with Gasteiger partial charge in [0, 0.05) is 44.7 Å². The van der Waals surface area contributed by atoms with Crippen LogP contribution in [-0.2, 0) is 13.0 Å². The molecule has 1 aromatic heterocycles. The van der Waals surface area contributed by atoms with Gasteiger partial charge in [-0.3, -0.25) is 9.69 Å². The molecular formula is C23H32N4O. The van der Waals surface area contributed by atoms with Crippen LogP contribution >= 0.6 is 0 Å². The van der Waals surface area contributed by atoms with Gasteiger partial charge in [-0.05, 0) is 31.7 Å². The molecule has 2 bridgehead atoms. The number of nitrogens with zero attached hydrogens (tertiary/aromatic N) is 4. The molecule has 5 nitrogen and oxygen atoms in total. The Balaban J connectivity index is 1.75. The molecule has 0 aliphatic carbocycles. The molecule has 2 aromatic rings. The molecule has 1 fully saturated rings. The number of benzene rings is 1. The minimum absolute atomic E-state index is 0.0115. The molecule has 0 radical (unpaired) electrons. The highest BCUT2D eigenvalue weighted by Gasteiger charge is 2.39. The summed E-state index contributed by atoms with van der Waals surface area (Å²) < 4.78 is 2.35. The van der Waals surface area contributed by atoms with Crippen LogP contribution in [0.15, 0.2) is 30.3 Å². The summed E-state index contributed by atoms with van der Waals surface area (Å²) in [7, 11) is 3.63. The van der Waals surface area contributed by atoms with Crippen molar-refractivity contribution in [3.63, 3.8) is 0 Å². The summed E-state index contributed by atoms with van der Waals surface area (Å²) in [5, 5.41) is 0. The molecule has 0 saturated carbocycles. The Morgan fingerprint density at radius 1 is 1.18 bits per heavy atom. The van der Waals surface area contributed by atoms with Gasteiger partial charge in [0.2, 0.25) is 0 Å². The Labute approximate surface area is 168 Å². The van der Waals surface area contributed by atoms with Gasteiger partial charge in [0.1, 0.15) is 11.5 Å². The zero-order valence-corrected chi connectivity index (χ0v) is 17.6. The van der Waals surface area contributed by atoms with Gasteiger partial charge in [0.05, 0.1) is 5.69 Å². The van der Waals surface area contributed by atoms with Gasteiger partial charge in [-0.2, -0.15) is 0 Å². The van der Waals surface area contributed by atoms with E-state index in [9.17, 15) is 4.79 Å². The number of carbonyl (C=O) groups excluding carboxylic acids is 1. The molecule has 1 saturated heterocycles. The van der Waals surface area contributed by atoms with Crippen LogP contribution in [0.2, 0.25) is 0 Å². The van der Waals surface area contributed by atoms with Gasteiger partial charge in [-0.25, -0.2) is 4.98 Å². The number of carbonyl (C=O) groups is 1. The lowest BCUT2D eigenvalue weighted by molar-refractivity contribution is 0.0821. The predicted molar refractivity (Wildman–Crippen MR) is 112 cm³/mol. The molecule has 28 heavy (non-hydrogen) atoms. The van der Waals surface area contributed by atoms with Crippen molar-refractivity contribution in [2.45, 2.75) is 58.2 Å². The summed E-state index contributed by atoms with van der Waals surface area (Å²) in [6.45, 7) is 6.69. The van der Waals surface area contributed by atoms with E-state index in [0.29, 0.717) is 23.7 Å². The average molecular weight is 381 g/mol. The molecule has 0 unspecified atom stereocenters. The summed E-state index contributed by atoms with van der Waals surface area (Å²) in [4.78, 5) is 22.2. The maximum Gasteiger partial charge on any atom is 0.273 e. The Hall–Kier alpha value is -2.14. The lowest BCUT2D eigenvalue weighted by Crippen LogP contribution is -2.38. The van der Waals surface area contributed by atoms with E-state index in [4.69, 9.17) is 4.98 Å². The van der Waals surface area contributed by atoms with Crippen molar-refractivity contribution >= 4 is 5.91 Å². The van der Waals surface area contributed by atoms with Crippen molar-refractivity contribution in [1.29, 1.82) is 0 Å². The summed E-state index contributed by atoms with van der Waals surface area (Å²) in [6.07, 6.45) is 4.62. The van der Waals surface area contributed by atoms with Crippen LogP contribution in [0, 0.1) is 5.92 Å². The molecule has 0 N–H and O–H groups in total. The number of imidazole rings is 1. The molecule has 0 spiro atoms. The minimum atomic E-state index is 0.0115. The molecule has 2 aliphatic heterocycles. The maximum atomic E-state index is 12.9. The molecular weight excluding hydrogens is 348 g/mol. The number of fused-ring (bicyclic) bond motifs is 3. The Morgan fingerprint density at radius 2 is 1.89 bits per heavy atom. The minimum Gasteiger partial charge on any atom is -0.343 e. The lowest BCUT2D eigenvalue weighted by Gasteiger charge is -2.28. The first-order valence-electron chi connectivity index (χ1n) is 10.6. The van der Waals surface area contributed by atoms with Crippen molar-refractivity contribution in [2.75, 3.05) is 20.6 Å². The van der Waals surface area contributed by atoms with Crippen LogP contribution in [-0.4, -0.2) is 58.0 Å². The quantitative estimate of drug-likeness (QED) is 0.794. The van der Waals surface area contributed by atoms with Crippen LogP contribution in [0.3, 0.4) is 0 Å². The van der Waals surface area contributed by atoms with Crippen molar-refractivity contribution in [2.24, 2.45) is 5.92 Å². The van der Waals surface area contributed by atoms with E-state index in [1.807, 2.05) is 32.3 Å². The molecule has 3 heterocycles. The highest BCUT2D eigenvalue weighted by atomic mass is 16.2. The van der Waals surface area contributed by atoms with Gasteiger partial charge in [-0.15, -0.1) is 0 Å². The second-order valence-electron chi connectivity index (χ2n) is 8.92. The molecule has 2 aliphatic rings. The first kappa shape index (κ1) is 19.2. The predicted octanol–water partition coefficient (Wildman–Crippen LogP) is 3.69. The topological polar surface area (TPSA) is 41.4 Å². The van der Waals surface area contributed by atoms with Crippen LogP contribution in [0.4, 0.5) is 0 Å². The molecule has 2 atom stereocenters. The SMILES string of the molecule is CC(C)CCN1[C@@H]2CC[C@H]1Cc1c(C(=O)N(C)C)nc(-c3ccccc3)n1C2. The van der Waals surface area contributed by atoms with E-state index in [1.54, 1.807) is 4.90 Å². The zero-order chi connectivity index (χ0) is 19.8. The monoisotopic (exact) mass is 380 g/mol. The number of hydrogen-bond acceptors (Lipinski definition) is 3. The summed E-state index contributed by atoms with van der Waals surface area (Å²) in [5.41, 5.74) is 2.85. The summed E-state index contributed by atoms with van der Waals surface area (Å²) >= 11 is 0. The van der Waals surface area contributed by atoms with Crippen LogP contribution < -0.4 is 0 Å². The van der Waals surface area contributed by atoms with Gasteiger partial charge in [0.15, 0.2) is 0 Å². The van der Waals surface area contributed by atoms with E-state index in [0.717, 1.165) is 36.6 Å². The van der Waals surface area contributed by atoms with E-state index in [2.05, 4.69) is 35.4 Å². The molecule has 5 heteroatoms. The van der Waals surface area contributed by atoms with Gasteiger partial charge >= 0.3 is 0 Å². The highest BCUT2D eigenvalue weighted by Crippen LogP contribution is 2.36. The van der Waals surface area contributed by atoms with Crippen LogP contribution in [0.5, 0.6) is 0 Å². The smallest absolute Gasteiger partial charge is 0.273 e. The highest BCUT2D eigenvalue weighted by molar-refractivity contribution is 5.94. The zero-order valence-electron chi connectivity index (χ0n) is 17.6. The van der Waals surface area contributed by atoms with Crippen LogP contribution in [0.1, 0.15) is 49.3 Å². The Kier molecular flexibility index (Phi) is 5.28. The molecule has 1 aromatic carbocycles. The third-order valence-electron chi connectivity index (χ3n) is 6.27. The standard InChI is InChI=1S/C23H32N4O/c1-16(2)12-13-26-18-10-11-19(26)15-27-20(14-18)21(23(28)25(3)4)24-22(27)17-8-6-5-7-9-17/h5-9,16,18-19H,10-15H2,1-4H3/t18-,19+/m0/s1. The van der Waals surface area contributed by atoms with E-state index < -0.39 is 0 Å². The van der Waals surface area contributed by atoms with Crippen molar-refractivity contribution in [3.05, 3.63) is 41.7 Å². The van der Waals surface area contributed by atoms with Gasteiger partial charge < -0.3 is 9.47 Å².